The molecule has 1 aliphatic carbocycles. The highest BCUT2D eigenvalue weighted by atomic mass is 32.2. The Balaban J connectivity index is 1.72. The van der Waals surface area contributed by atoms with Gasteiger partial charge in [0.2, 0.25) is 0 Å². The van der Waals surface area contributed by atoms with Gasteiger partial charge in [-0.25, -0.2) is 22.3 Å². The van der Waals surface area contributed by atoms with Crippen LogP contribution in [-0.4, -0.2) is 43.2 Å². The maximum absolute atomic E-state index is 13.4. The summed E-state index contributed by atoms with van der Waals surface area (Å²) in [6.07, 6.45) is 2.58. The molecule has 26 heavy (non-hydrogen) atoms. The lowest BCUT2D eigenvalue weighted by molar-refractivity contribution is -0.134. The first-order chi connectivity index (χ1) is 12.1. The van der Waals surface area contributed by atoms with Crippen LogP contribution in [0.1, 0.15) is 31.2 Å². The number of benzene rings is 1. The molecule has 10 heteroatoms. The number of nitrogens with one attached hydrogen (secondary N) is 2. The summed E-state index contributed by atoms with van der Waals surface area (Å²) in [5.74, 6) is -2.32. The molecule has 0 bridgehead atoms. The molecule has 1 aromatic rings. The minimum atomic E-state index is -4.32. The van der Waals surface area contributed by atoms with E-state index in [0.29, 0.717) is 23.3 Å². The van der Waals surface area contributed by atoms with Crippen LogP contribution in [0.3, 0.4) is 0 Å². The van der Waals surface area contributed by atoms with Gasteiger partial charge in [-0.2, -0.15) is 0 Å². The lowest BCUT2D eigenvalue weighted by Gasteiger charge is -2.19. The summed E-state index contributed by atoms with van der Waals surface area (Å²) in [5, 5.41) is 2.60. The Morgan fingerprint density at radius 1 is 1.27 bits per heavy atom. The molecule has 4 amide bonds. The molecule has 3 rings (SSSR count). The van der Waals surface area contributed by atoms with E-state index in [1.54, 1.807) is 4.72 Å². The van der Waals surface area contributed by atoms with Gasteiger partial charge in [-0.05, 0) is 43.5 Å². The molecule has 1 saturated heterocycles. The average Bonchev–Trinajstić information content (AvgIpc) is 3.07. The van der Waals surface area contributed by atoms with Crippen LogP contribution in [0.5, 0.6) is 0 Å². The second-order valence-corrected chi connectivity index (χ2v) is 8.29. The number of amides is 4. The molecular formula is C16H18FN3O5S. The van der Waals surface area contributed by atoms with Crippen molar-refractivity contribution < 1.29 is 27.2 Å². The minimum absolute atomic E-state index is 0.370. The minimum Gasteiger partial charge on any atom is -0.323 e. The maximum Gasteiger partial charge on any atom is 0.325 e. The fraction of sp³-hybridized carbons (Fsp3) is 0.438. The van der Waals surface area contributed by atoms with E-state index in [0.717, 1.165) is 25.0 Å². The van der Waals surface area contributed by atoms with Crippen LogP contribution in [0.25, 0.3) is 0 Å². The van der Waals surface area contributed by atoms with E-state index in [-0.39, 0.29) is 0 Å². The molecule has 0 unspecified atom stereocenters. The Bertz CT molecular complexity index is 873. The molecule has 140 valence electrons. The predicted octanol–water partition coefficient (Wildman–Crippen LogP) is 0.804. The molecule has 1 heterocycles. The Morgan fingerprint density at radius 3 is 2.54 bits per heavy atom. The van der Waals surface area contributed by atoms with Crippen LogP contribution < -0.4 is 10.0 Å². The van der Waals surface area contributed by atoms with Crippen molar-refractivity contribution in [2.75, 3.05) is 6.54 Å². The van der Waals surface area contributed by atoms with Crippen molar-refractivity contribution in [3.05, 3.63) is 29.6 Å². The van der Waals surface area contributed by atoms with Crippen molar-refractivity contribution in [2.45, 2.75) is 43.0 Å². The summed E-state index contributed by atoms with van der Waals surface area (Å²) in [5.41, 5.74) is -0.606. The molecule has 0 aromatic heterocycles. The molecule has 1 saturated carbocycles. The molecule has 8 nitrogen and oxygen atoms in total. The van der Waals surface area contributed by atoms with Gasteiger partial charge in [-0.15, -0.1) is 0 Å². The summed E-state index contributed by atoms with van der Waals surface area (Å²) in [4.78, 5) is 36.9. The zero-order chi connectivity index (χ0) is 19.1. The van der Waals surface area contributed by atoms with Crippen molar-refractivity contribution in [3.63, 3.8) is 0 Å². The molecule has 1 spiro atoms. The highest BCUT2D eigenvalue weighted by Crippen LogP contribution is 2.34. The Morgan fingerprint density at radius 2 is 1.92 bits per heavy atom. The van der Waals surface area contributed by atoms with Gasteiger partial charge in [0.25, 0.3) is 21.8 Å². The number of imide groups is 1. The van der Waals surface area contributed by atoms with Crippen LogP contribution in [-0.2, 0) is 19.6 Å². The fourth-order valence-corrected chi connectivity index (χ4v) is 4.47. The Kier molecular flexibility index (Phi) is 4.47. The van der Waals surface area contributed by atoms with Gasteiger partial charge >= 0.3 is 6.03 Å². The van der Waals surface area contributed by atoms with E-state index in [1.807, 2.05) is 0 Å². The zero-order valence-corrected chi connectivity index (χ0v) is 14.9. The van der Waals surface area contributed by atoms with E-state index in [1.165, 1.54) is 13.0 Å². The van der Waals surface area contributed by atoms with E-state index in [2.05, 4.69) is 5.32 Å². The molecule has 2 aliphatic rings. The van der Waals surface area contributed by atoms with Crippen LogP contribution in [0.4, 0.5) is 9.18 Å². The highest BCUT2D eigenvalue weighted by molar-refractivity contribution is 7.90. The van der Waals surface area contributed by atoms with Crippen LogP contribution >= 0.6 is 0 Å². The Labute approximate surface area is 149 Å². The van der Waals surface area contributed by atoms with Gasteiger partial charge in [-0.3, -0.25) is 14.5 Å². The topological polar surface area (TPSA) is 113 Å². The first-order valence-electron chi connectivity index (χ1n) is 8.10. The molecule has 1 aliphatic heterocycles. The van der Waals surface area contributed by atoms with Gasteiger partial charge in [0.1, 0.15) is 17.9 Å². The quantitative estimate of drug-likeness (QED) is 0.747. The average molecular weight is 383 g/mol. The monoisotopic (exact) mass is 383 g/mol. The summed E-state index contributed by atoms with van der Waals surface area (Å²) in [7, 11) is -4.32. The first kappa shape index (κ1) is 18.3. The van der Waals surface area contributed by atoms with Gasteiger partial charge < -0.3 is 5.32 Å². The lowest BCUT2D eigenvalue weighted by Crippen LogP contribution is -2.46. The summed E-state index contributed by atoms with van der Waals surface area (Å²) < 4.78 is 39.6. The second-order valence-electron chi connectivity index (χ2n) is 6.60. The van der Waals surface area contributed by atoms with Gasteiger partial charge in [0.15, 0.2) is 0 Å². The van der Waals surface area contributed by atoms with E-state index < -0.39 is 50.7 Å². The van der Waals surface area contributed by atoms with Crippen molar-refractivity contribution in [3.8, 4) is 0 Å². The van der Waals surface area contributed by atoms with Gasteiger partial charge in [0, 0.05) is 0 Å². The fourth-order valence-electron chi connectivity index (χ4n) is 3.38. The Hall–Kier alpha value is -2.49. The number of carbonyl (C=O) groups excluding carboxylic acids is 3. The molecule has 2 fully saturated rings. The smallest absolute Gasteiger partial charge is 0.323 e. The van der Waals surface area contributed by atoms with Gasteiger partial charge in [0.05, 0.1) is 4.90 Å². The van der Waals surface area contributed by atoms with E-state index in [4.69, 9.17) is 0 Å². The molecule has 0 radical (unpaired) electrons. The predicted molar refractivity (Wildman–Crippen MR) is 87.9 cm³/mol. The van der Waals surface area contributed by atoms with E-state index in [9.17, 15) is 27.2 Å². The third-order valence-corrected chi connectivity index (χ3v) is 5.93. The summed E-state index contributed by atoms with van der Waals surface area (Å²) in [6.45, 7) is 0.790. The largest absolute Gasteiger partial charge is 0.325 e. The third kappa shape index (κ3) is 3.28. The van der Waals surface area contributed by atoms with Crippen molar-refractivity contribution in [1.82, 2.24) is 14.9 Å². The number of hydrogen-bond donors (Lipinski definition) is 2. The van der Waals surface area contributed by atoms with Crippen LogP contribution in [0, 0.1) is 12.7 Å². The standard InChI is InChI=1S/C16H18FN3O5S/c1-10-6-11(17)8-12(7-10)26(24,25)19-13(21)9-20-14(22)16(18-15(20)23)4-2-3-5-16/h6-8H,2-5,9H2,1H3,(H,18,23)(H,19,21). The molecule has 2 N–H and O–H groups in total. The first-order valence-corrected chi connectivity index (χ1v) is 9.58. The number of halogens is 1. The second kappa shape index (κ2) is 6.35. The van der Waals surface area contributed by atoms with Crippen LogP contribution in [0.15, 0.2) is 23.1 Å². The molecular weight excluding hydrogens is 365 g/mol. The normalized spacial score (nSPS) is 19.1. The molecule has 1 aromatic carbocycles. The van der Waals surface area contributed by atoms with Crippen molar-refractivity contribution >= 4 is 27.9 Å². The summed E-state index contributed by atoms with van der Waals surface area (Å²) in [6, 6.07) is 2.42. The van der Waals surface area contributed by atoms with E-state index >= 15 is 0 Å². The number of urea groups is 1. The van der Waals surface area contributed by atoms with Crippen molar-refractivity contribution in [2.24, 2.45) is 0 Å². The maximum atomic E-state index is 13.4. The van der Waals surface area contributed by atoms with Crippen LogP contribution in [0.2, 0.25) is 0 Å². The molecule has 0 atom stereocenters. The number of aryl methyl sites for hydroxylation is 1. The van der Waals surface area contributed by atoms with Crippen molar-refractivity contribution in [1.29, 1.82) is 0 Å². The lowest BCUT2D eigenvalue weighted by atomic mass is 9.98. The number of nitrogens with zero attached hydrogens (tertiary/aromatic N) is 1. The number of sulfonamides is 1. The highest BCUT2D eigenvalue weighted by Gasteiger charge is 2.52. The summed E-state index contributed by atoms with van der Waals surface area (Å²) >= 11 is 0. The van der Waals surface area contributed by atoms with Gasteiger partial charge in [-0.1, -0.05) is 12.8 Å². The third-order valence-electron chi connectivity index (χ3n) is 4.58. The number of carbonyl (C=O) groups is 3. The zero-order valence-electron chi connectivity index (χ0n) is 14.0. The number of rotatable bonds is 4. The number of hydrogen-bond acceptors (Lipinski definition) is 5. The SMILES string of the molecule is Cc1cc(F)cc(S(=O)(=O)NC(=O)CN2C(=O)NC3(CCCC3)C2=O)c1.